The molecule has 24 heavy (non-hydrogen) atoms. The number of anilines is 1. The van der Waals surface area contributed by atoms with Gasteiger partial charge in [0, 0.05) is 11.9 Å². The predicted octanol–water partition coefficient (Wildman–Crippen LogP) is 4.16. The van der Waals surface area contributed by atoms with E-state index < -0.39 is 0 Å². The Kier molecular flexibility index (Phi) is 6.65. The number of halogens is 1. The predicted molar refractivity (Wildman–Crippen MR) is 110 cm³/mol. The summed E-state index contributed by atoms with van der Waals surface area (Å²) in [5.41, 5.74) is 10.3. The Bertz CT molecular complexity index is 681. The zero-order chi connectivity index (χ0) is 16.2. The fourth-order valence-corrected chi connectivity index (χ4v) is 3.23. The highest BCUT2D eigenvalue weighted by Crippen LogP contribution is 2.28. The molecule has 5 nitrogen and oxygen atoms in total. The monoisotopic (exact) mass is 439 g/mol. The van der Waals surface area contributed by atoms with E-state index in [9.17, 15) is 0 Å². The molecule has 1 aromatic carbocycles. The highest BCUT2D eigenvalue weighted by Gasteiger charge is 2.17. The lowest BCUT2D eigenvalue weighted by Gasteiger charge is -2.09. The van der Waals surface area contributed by atoms with Crippen molar-refractivity contribution in [1.29, 1.82) is 0 Å². The van der Waals surface area contributed by atoms with Gasteiger partial charge in [0.2, 0.25) is 0 Å². The van der Waals surface area contributed by atoms with Crippen LogP contribution in [0.3, 0.4) is 0 Å². The van der Waals surface area contributed by atoms with Crippen LogP contribution in [0, 0.1) is 13.8 Å². The lowest BCUT2D eigenvalue weighted by Crippen LogP contribution is -2.22. The molecule has 130 valence electrons. The summed E-state index contributed by atoms with van der Waals surface area (Å²) >= 11 is 0. The summed E-state index contributed by atoms with van der Waals surface area (Å²) in [6, 6.07) is 8.85. The Balaban J connectivity index is 0.00000208. The highest BCUT2D eigenvalue weighted by atomic mass is 127. The third kappa shape index (κ3) is 4.96. The van der Waals surface area contributed by atoms with E-state index in [4.69, 9.17) is 5.73 Å². The fourth-order valence-electron chi connectivity index (χ4n) is 3.23. The first kappa shape index (κ1) is 18.8. The molecule has 0 radical (unpaired) electrons. The molecule has 1 aromatic heterocycles. The second-order valence-electron chi connectivity index (χ2n) is 6.43. The van der Waals surface area contributed by atoms with Crippen molar-refractivity contribution in [2.45, 2.75) is 52.1 Å². The van der Waals surface area contributed by atoms with Crippen molar-refractivity contribution in [3.8, 4) is 0 Å². The number of nitrogens with zero attached hydrogens (tertiary/aromatic N) is 3. The molecule has 0 amide bonds. The molecule has 3 N–H and O–H groups in total. The molecule has 0 saturated heterocycles. The molecule has 0 bridgehead atoms. The third-order valence-corrected chi connectivity index (χ3v) is 4.27. The highest BCUT2D eigenvalue weighted by molar-refractivity contribution is 14.0. The summed E-state index contributed by atoms with van der Waals surface area (Å²) < 4.78 is 2.09. The van der Waals surface area contributed by atoms with Gasteiger partial charge >= 0.3 is 0 Å². The molecule has 1 aliphatic rings. The van der Waals surface area contributed by atoms with E-state index in [1.54, 1.807) is 0 Å². The van der Waals surface area contributed by atoms with E-state index in [1.807, 2.05) is 6.07 Å². The maximum absolute atomic E-state index is 5.99. The molecule has 1 saturated carbocycles. The Labute approximate surface area is 160 Å². The number of hydrogen-bond donors (Lipinski definition) is 2. The Morgan fingerprint density at radius 3 is 2.58 bits per heavy atom. The van der Waals surface area contributed by atoms with E-state index in [1.165, 1.54) is 36.8 Å². The van der Waals surface area contributed by atoms with E-state index >= 15 is 0 Å². The van der Waals surface area contributed by atoms with Gasteiger partial charge in [-0.25, -0.2) is 4.99 Å². The summed E-state index contributed by atoms with van der Waals surface area (Å²) in [5, 5.41) is 7.77. The van der Waals surface area contributed by atoms with Gasteiger partial charge < -0.3 is 11.1 Å². The third-order valence-electron chi connectivity index (χ3n) is 4.27. The second kappa shape index (κ2) is 8.50. The van der Waals surface area contributed by atoms with Gasteiger partial charge in [-0.1, -0.05) is 18.9 Å². The molecule has 1 heterocycles. The average molecular weight is 439 g/mol. The zero-order valence-corrected chi connectivity index (χ0v) is 16.7. The molecule has 3 rings (SSSR count). The van der Waals surface area contributed by atoms with Gasteiger partial charge in [0.15, 0.2) is 5.96 Å². The van der Waals surface area contributed by atoms with Crippen LogP contribution in [-0.4, -0.2) is 15.7 Å². The van der Waals surface area contributed by atoms with Crippen molar-refractivity contribution in [2.75, 3.05) is 5.32 Å². The van der Waals surface area contributed by atoms with Gasteiger partial charge in [-0.15, -0.1) is 24.0 Å². The number of nitrogens with two attached hydrogens (primary N) is 1. The Morgan fingerprint density at radius 2 is 1.92 bits per heavy atom. The van der Waals surface area contributed by atoms with E-state index in [0.29, 0.717) is 18.5 Å². The average Bonchev–Trinajstić information content (AvgIpc) is 3.15. The van der Waals surface area contributed by atoms with Crippen molar-refractivity contribution in [1.82, 2.24) is 9.78 Å². The maximum Gasteiger partial charge on any atom is 0.193 e. The molecule has 6 heteroatoms. The van der Waals surface area contributed by atoms with Gasteiger partial charge in [0.05, 0.1) is 18.3 Å². The van der Waals surface area contributed by atoms with E-state index in [-0.39, 0.29) is 24.0 Å². The molecular formula is C18H26IN5. The van der Waals surface area contributed by atoms with Crippen LogP contribution in [0.25, 0.3) is 0 Å². The fraction of sp³-hybridized carbons (Fsp3) is 0.444. The number of hydrogen-bond acceptors (Lipinski definition) is 2. The number of rotatable bonds is 4. The normalized spacial score (nSPS) is 15.3. The van der Waals surface area contributed by atoms with Crippen LogP contribution in [0.5, 0.6) is 0 Å². The summed E-state index contributed by atoms with van der Waals surface area (Å²) in [7, 11) is 0. The van der Waals surface area contributed by atoms with Crippen LogP contribution >= 0.6 is 24.0 Å². The molecule has 0 spiro atoms. The van der Waals surface area contributed by atoms with Crippen LogP contribution in [0.4, 0.5) is 5.69 Å². The van der Waals surface area contributed by atoms with Crippen LogP contribution in [-0.2, 0) is 6.54 Å². The van der Waals surface area contributed by atoms with E-state index in [2.05, 4.69) is 58.3 Å². The first-order valence-electron chi connectivity index (χ1n) is 8.29. The molecule has 2 aromatic rings. The van der Waals surface area contributed by atoms with Crippen LogP contribution < -0.4 is 11.1 Å². The van der Waals surface area contributed by atoms with Crippen LogP contribution in [0.1, 0.15) is 48.5 Å². The van der Waals surface area contributed by atoms with Crippen LogP contribution in [0.15, 0.2) is 35.5 Å². The number of benzene rings is 1. The topological polar surface area (TPSA) is 68.2 Å². The summed E-state index contributed by atoms with van der Waals surface area (Å²) in [6.07, 6.45) is 7.16. The van der Waals surface area contributed by atoms with Gasteiger partial charge in [0.1, 0.15) is 0 Å². The first-order valence-corrected chi connectivity index (χ1v) is 8.29. The summed E-state index contributed by atoms with van der Waals surface area (Å²) in [6.45, 7) is 4.64. The first-order chi connectivity index (χ1) is 11.1. The lowest BCUT2D eigenvalue weighted by molar-refractivity contribution is 0.463. The minimum absolute atomic E-state index is 0. The lowest BCUT2D eigenvalue weighted by atomic mass is 10.1. The van der Waals surface area contributed by atoms with Gasteiger partial charge in [-0.2, -0.15) is 5.10 Å². The van der Waals surface area contributed by atoms with Gasteiger partial charge in [0.25, 0.3) is 0 Å². The molecule has 0 aliphatic heterocycles. The molecule has 1 aliphatic carbocycles. The Morgan fingerprint density at radius 1 is 1.25 bits per heavy atom. The second-order valence-corrected chi connectivity index (χ2v) is 6.43. The van der Waals surface area contributed by atoms with Gasteiger partial charge in [-0.3, -0.25) is 4.68 Å². The van der Waals surface area contributed by atoms with Gasteiger partial charge in [-0.05, 0) is 56.0 Å². The number of aromatic nitrogens is 2. The molecular weight excluding hydrogens is 413 g/mol. The van der Waals surface area contributed by atoms with Crippen LogP contribution in [0.2, 0.25) is 0 Å². The minimum atomic E-state index is 0. The number of aryl methyl sites for hydroxylation is 2. The zero-order valence-electron chi connectivity index (χ0n) is 14.3. The quantitative estimate of drug-likeness (QED) is 0.427. The number of nitrogens with one attached hydrogen (secondary N) is 1. The SMILES string of the molecule is Cc1cc(C)cc(NC(N)=NCc2ccn(C3CCCC3)n2)c1.I. The number of aliphatic imine (C=N–C) groups is 1. The smallest absolute Gasteiger partial charge is 0.193 e. The number of guanidine groups is 1. The van der Waals surface area contributed by atoms with Crippen molar-refractivity contribution in [3.05, 3.63) is 47.3 Å². The minimum Gasteiger partial charge on any atom is -0.370 e. The van der Waals surface area contributed by atoms with Crippen molar-refractivity contribution >= 4 is 35.6 Å². The van der Waals surface area contributed by atoms with E-state index in [0.717, 1.165) is 11.4 Å². The van der Waals surface area contributed by atoms with Crippen molar-refractivity contribution in [2.24, 2.45) is 10.7 Å². The van der Waals surface area contributed by atoms with Crippen molar-refractivity contribution < 1.29 is 0 Å². The van der Waals surface area contributed by atoms with Crippen molar-refractivity contribution in [3.63, 3.8) is 0 Å². The standard InChI is InChI=1S/C18H25N5.HI/c1-13-9-14(2)11-16(10-13)21-18(19)20-12-15-7-8-23(22-15)17-5-3-4-6-17;/h7-11,17H,3-6,12H2,1-2H3,(H3,19,20,21);1H. The summed E-state index contributed by atoms with van der Waals surface area (Å²) in [5.74, 6) is 0.422. The Hall–Kier alpha value is -1.57. The molecule has 0 unspecified atom stereocenters. The molecule has 0 atom stereocenters. The maximum atomic E-state index is 5.99. The molecule has 1 fully saturated rings. The largest absolute Gasteiger partial charge is 0.370 e. The summed E-state index contributed by atoms with van der Waals surface area (Å²) in [4.78, 5) is 4.40.